The minimum atomic E-state index is -3.57. The Morgan fingerprint density at radius 3 is 2.65 bits per heavy atom. The first-order chi connectivity index (χ1) is 9.45. The predicted octanol–water partition coefficient (Wildman–Crippen LogP) is 0.408. The van der Waals surface area contributed by atoms with E-state index in [0.29, 0.717) is 5.69 Å². The molecule has 0 amide bonds. The van der Waals surface area contributed by atoms with Crippen molar-refractivity contribution in [2.24, 2.45) is 0 Å². The average Bonchev–Trinajstić information content (AvgIpc) is 2.84. The van der Waals surface area contributed by atoms with Gasteiger partial charge in [-0.3, -0.25) is 0 Å². The van der Waals surface area contributed by atoms with Gasteiger partial charge in [-0.05, 0) is 39.0 Å². The zero-order chi connectivity index (χ0) is 14.8. The average molecular weight is 319 g/mol. The molecule has 2 rings (SSSR count). The van der Waals surface area contributed by atoms with Gasteiger partial charge in [0, 0.05) is 23.7 Å². The van der Waals surface area contributed by atoms with Crippen LogP contribution in [-0.4, -0.2) is 62.1 Å². The number of sulfonamides is 1. The molecule has 1 aromatic rings. The summed E-state index contributed by atoms with van der Waals surface area (Å²) >= 11 is 1.13. The molecular formula is C12H21N3O3S2. The number of aliphatic hydroxyl groups excluding tert-OH is 1. The van der Waals surface area contributed by atoms with Gasteiger partial charge in [0.05, 0.1) is 6.61 Å². The van der Waals surface area contributed by atoms with E-state index in [1.165, 1.54) is 10.4 Å². The molecule has 0 aromatic carbocycles. The Morgan fingerprint density at radius 2 is 2.15 bits per heavy atom. The molecule has 1 aromatic heterocycles. The first-order valence-corrected chi connectivity index (χ1v) is 8.92. The molecule has 0 atom stereocenters. The van der Waals surface area contributed by atoms with Crippen LogP contribution in [0.25, 0.3) is 0 Å². The monoisotopic (exact) mass is 319 g/mol. The third-order valence-electron chi connectivity index (χ3n) is 3.57. The lowest BCUT2D eigenvalue weighted by atomic mass is 10.1. The summed E-state index contributed by atoms with van der Waals surface area (Å²) in [5.74, 6) is 0. The number of rotatable bonds is 5. The minimum absolute atomic E-state index is 0.0494. The first kappa shape index (κ1) is 15.7. The summed E-state index contributed by atoms with van der Waals surface area (Å²) in [5.41, 5.74) is 6.08. The number of nitrogen functional groups attached to an aromatic ring is 1. The van der Waals surface area contributed by atoms with Gasteiger partial charge in [-0.1, -0.05) is 0 Å². The van der Waals surface area contributed by atoms with Crippen LogP contribution in [0, 0.1) is 0 Å². The number of aliphatic hydroxyl groups is 1. The van der Waals surface area contributed by atoms with Crippen LogP contribution >= 0.6 is 11.3 Å². The summed E-state index contributed by atoms with van der Waals surface area (Å²) in [6.07, 6.45) is 1.58. The number of thiophene rings is 1. The Balaban J connectivity index is 2.23. The normalized spacial score (nSPS) is 18.8. The van der Waals surface area contributed by atoms with Gasteiger partial charge in [0.15, 0.2) is 0 Å². The van der Waals surface area contributed by atoms with Gasteiger partial charge in [-0.25, -0.2) is 8.42 Å². The molecule has 0 aliphatic carbocycles. The fraction of sp³-hybridized carbons (Fsp3) is 0.667. The highest BCUT2D eigenvalue weighted by atomic mass is 32.2. The summed E-state index contributed by atoms with van der Waals surface area (Å²) in [7, 11) is -1.54. The SMILES string of the molecule is CN1CCC(N(CCO)S(=O)(=O)c2cc(N)cs2)CC1. The molecule has 6 nitrogen and oxygen atoms in total. The summed E-state index contributed by atoms with van der Waals surface area (Å²) in [6, 6.07) is 1.44. The quantitative estimate of drug-likeness (QED) is 0.821. The molecule has 0 saturated carbocycles. The Labute approximate surface area is 123 Å². The molecule has 0 radical (unpaired) electrons. The van der Waals surface area contributed by atoms with Gasteiger partial charge in [-0.2, -0.15) is 4.31 Å². The number of nitrogens with two attached hydrogens (primary N) is 1. The van der Waals surface area contributed by atoms with E-state index in [-0.39, 0.29) is 23.4 Å². The van der Waals surface area contributed by atoms with Gasteiger partial charge in [-0.15, -0.1) is 11.3 Å². The van der Waals surface area contributed by atoms with E-state index in [2.05, 4.69) is 4.90 Å². The first-order valence-electron chi connectivity index (χ1n) is 6.60. The molecule has 114 valence electrons. The smallest absolute Gasteiger partial charge is 0.252 e. The topological polar surface area (TPSA) is 86.9 Å². The van der Waals surface area contributed by atoms with Gasteiger partial charge < -0.3 is 15.7 Å². The standard InChI is InChI=1S/C12H21N3O3S2/c1-14-4-2-11(3-5-14)15(6-7-16)20(17,18)12-8-10(13)9-19-12/h8-9,11,16H,2-7,13H2,1H3. The molecule has 20 heavy (non-hydrogen) atoms. The van der Waals surface area contributed by atoms with Crippen molar-refractivity contribution < 1.29 is 13.5 Å². The summed E-state index contributed by atoms with van der Waals surface area (Å²) in [4.78, 5) is 2.18. The molecule has 0 unspecified atom stereocenters. The largest absolute Gasteiger partial charge is 0.398 e. The highest BCUT2D eigenvalue weighted by molar-refractivity contribution is 7.91. The van der Waals surface area contributed by atoms with E-state index < -0.39 is 10.0 Å². The van der Waals surface area contributed by atoms with Crippen LogP contribution in [0.2, 0.25) is 0 Å². The second-order valence-electron chi connectivity index (χ2n) is 5.07. The summed E-state index contributed by atoms with van der Waals surface area (Å²) in [5, 5.41) is 10.8. The van der Waals surface area contributed by atoms with Crippen molar-refractivity contribution >= 4 is 27.0 Å². The molecule has 0 spiro atoms. The highest BCUT2D eigenvalue weighted by Gasteiger charge is 2.33. The Hall–Kier alpha value is -0.670. The van der Waals surface area contributed by atoms with Crippen molar-refractivity contribution in [1.29, 1.82) is 0 Å². The van der Waals surface area contributed by atoms with Crippen molar-refractivity contribution in [3.05, 3.63) is 11.4 Å². The number of piperidine rings is 1. The molecule has 1 fully saturated rings. The van der Waals surface area contributed by atoms with Gasteiger partial charge >= 0.3 is 0 Å². The van der Waals surface area contributed by atoms with Crippen molar-refractivity contribution in [2.45, 2.75) is 23.1 Å². The van der Waals surface area contributed by atoms with Crippen molar-refractivity contribution in [3.63, 3.8) is 0 Å². The molecule has 2 heterocycles. The van der Waals surface area contributed by atoms with Crippen LogP contribution in [0.3, 0.4) is 0 Å². The maximum absolute atomic E-state index is 12.7. The van der Waals surface area contributed by atoms with Crippen LogP contribution in [0.1, 0.15) is 12.8 Å². The van der Waals surface area contributed by atoms with E-state index in [0.717, 1.165) is 37.3 Å². The zero-order valence-electron chi connectivity index (χ0n) is 11.5. The summed E-state index contributed by atoms with van der Waals surface area (Å²) < 4.78 is 27.0. The molecule has 1 saturated heterocycles. The number of hydrogen-bond donors (Lipinski definition) is 2. The summed E-state index contributed by atoms with van der Waals surface area (Å²) in [6.45, 7) is 1.70. The molecule has 3 N–H and O–H groups in total. The Kier molecular flexibility index (Phi) is 5.03. The second-order valence-corrected chi connectivity index (χ2v) is 8.10. The van der Waals surface area contributed by atoms with Crippen LogP contribution in [-0.2, 0) is 10.0 Å². The fourth-order valence-corrected chi connectivity index (χ4v) is 5.35. The van der Waals surface area contributed by atoms with Crippen LogP contribution in [0.4, 0.5) is 5.69 Å². The molecular weight excluding hydrogens is 298 g/mol. The molecule has 8 heteroatoms. The Morgan fingerprint density at radius 1 is 1.50 bits per heavy atom. The lowest BCUT2D eigenvalue weighted by molar-refractivity contribution is 0.161. The molecule has 1 aliphatic rings. The minimum Gasteiger partial charge on any atom is -0.398 e. The van der Waals surface area contributed by atoms with Crippen molar-refractivity contribution in [1.82, 2.24) is 9.21 Å². The lowest BCUT2D eigenvalue weighted by Crippen LogP contribution is -2.47. The maximum Gasteiger partial charge on any atom is 0.252 e. The lowest BCUT2D eigenvalue weighted by Gasteiger charge is -2.35. The van der Waals surface area contributed by atoms with E-state index in [4.69, 9.17) is 5.73 Å². The Bertz CT molecular complexity index is 536. The van der Waals surface area contributed by atoms with E-state index >= 15 is 0 Å². The van der Waals surface area contributed by atoms with Crippen molar-refractivity contribution in [3.8, 4) is 0 Å². The molecule has 0 bridgehead atoms. The van der Waals surface area contributed by atoms with E-state index in [1.807, 2.05) is 7.05 Å². The van der Waals surface area contributed by atoms with Gasteiger partial charge in [0.25, 0.3) is 10.0 Å². The number of anilines is 1. The van der Waals surface area contributed by atoms with E-state index in [1.54, 1.807) is 5.38 Å². The zero-order valence-corrected chi connectivity index (χ0v) is 13.2. The number of hydrogen-bond acceptors (Lipinski definition) is 6. The fourth-order valence-electron chi connectivity index (χ4n) is 2.46. The third-order valence-corrected chi connectivity index (χ3v) is 6.96. The predicted molar refractivity (Wildman–Crippen MR) is 80.2 cm³/mol. The van der Waals surface area contributed by atoms with E-state index in [9.17, 15) is 13.5 Å². The highest BCUT2D eigenvalue weighted by Crippen LogP contribution is 2.28. The van der Waals surface area contributed by atoms with Gasteiger partial charge in [0.1, 0.15) is 4.21 Å². The van der Waals surface area contributed by atoms with Crippen molar-refractivity contribution in [2.75, 3.05) is 39.0 Å². The number of nitrogens with zero attached hydrogens (tertiary/aromatic N) is 2. The van der Waals surface area contributed by atoms with Crippen LogP contribution in [0.15, 0.2) is 15.7 Å². The maximum atomic E-state index is 12.7. The second kappa shape index (κ2) is 6.40. The van der Waals surface area contributed by atoms with Crippen LogP contribution < -0.4 is 5.73 Å². The van der Waals surface area contributed by atoms with Gasteiger partial charge in [0.2, 0.25) is 0 Å². The van der Waals surface area contributed by atoms with Crippen LogP contribution in [0.5, 0.6) is 0 Å². The third kappa shape index (κ3) is 3.32. The molecule has 1 aliphatic heterocycles. The number of likely N-dealkylation sites (tertiary alicyclic amines) is 1.